The summed E-state index contributed by atoms with van der Waals surface area (Å²) in [5, 5.41) is 3.41. The summed E-state index contributed by atoms with van der Waals surface area (Å²) in [6, 6.07) is 17.1. The summed E-state index contributed by atoms with van der Waals surface area (Å²) in [7, 11) is 2.00. The van der Waals surface area contributed by atoms with Crippen molar-refractivity contribution in [3.8, 4) is 5.75 Å². The van der Waals surface area contributed by atoms with Gasteiger partial charge in [-0.3, -0.25) is 0 Å². The van der Waals surface area contributed by atoms with E-state index in [2.05, 4.69) is 67.7 Å². The zero-order valence-electron chi connectivity index (χ0n) is 13.2. The molecule has 0 radical (unpaired) electrons. The van der Waals surface area contributed by atoms with E-state index in [0.717, 1.165) is 25.2 Å². The highest BCUT2D eigenvalue weighted by molar-refractivity contribution is 5.38. The molecular weight excluding hydrogens is 258 g/mol. The van der Waals surface area contributed by atoms with E-state index in [4.69, 9.17) is 4.74 Å². The third-order valence-electron chi connectivity index (χ3n) is 3.77. The lowest BCUT2D eigenvalue weighted by Crippen LogP contribution is -2.18. The Morgan fingerprint density at radius 3 is 2.38 bits per heavy atom. The molecule has 0 amide bonds. The molecule has 2 aromatic carbocycles. The Kier molecular flexibility index (Phi) is 5.82. The van der Waals surface area contributed by atoms with Crippen molar-refractivity contribution in [1.82, 2.24) is 5.32 Å². The number of hydrogen-bond donors (Lipinski definition) is 1. The fraction of sp³-hybridized carbons (Fsp3) is 0.368. The van der Waals surface area contributed by atoms with E-state index in [0.29, 0.717) is 0 Å². The highest BCUT2D eigenvalue weighted by atomic mass is 16.5. The SMILES string of the molecule is CCCCOc1ccc(C(NC)c2ccccc2C)cc1. The van der Waals surface area contributed by atoms with Crippen LogP contribution in [0.15, 0.2) is 48.5 Å². The molecule has 0 aromatic heterocycles. The fourth-order valence-electron chi connectivity index (χ4n) is 2.50. The fourth-order valence-corrected chi connectivity index (χ4v) is 2.50. The van der Waals surface area contributed by atoms with Crippen LogP contribution in [0.2, 0.25) is 0 Å². The first-order chi connectivity index (χ1) is 10.3. The lowest BCUT2D eigenvalue weighted by atomic mass is 9.95. The molecule has 2 aromatic rings. The molecule has 2 nitrogen and oxygen atoms in total. The summed E-state index contributed by atoms with van der Waals surface area (Å²) in [6.07, 6.45) is 2.26. The average Bonchev–Trinajstić information content (AvgIpc) is 2.51. The van der Waals surface area contributed by atoms with Crippen LogP contribution in [0.1, 0.15) is 42.5 Å². The van der Waals surface area contributed by atoms with E-state index in [1.165, 1.54) is 16.7 Å². The summed E-state index contributed by atoms with van der Waals surface area (Å²) in [6.45, 7) is 5.12. The predicted molar refractivity (Wildman–Crippen MR) is 88.9 cm³/mol. The Morgan fingerprint density at radius 1 is 1.05 bits per heavy atom. The highest BCUT2D eigenvalue weighted by Gasteiger charge is 2.13. The second kappa shape index (κ2) is 7.84. The molecule has 0 heterocycles. The second-order valence-electron chi connectivity index (χ2n) is 5.35. The highest BCUT2D eigenvalue weighted by Crippen LogP contribution is 2.26. The molecule has 2 rings (SSSR count). The van der Waals surface area contributed by atoms with E-state index in [9.17, 15) is 0 Å². The van der Waals surface area contributed by atoms with Crippen molar-refractivity contribution in [2.45, 2.75) is 32.7 Å². The first-order valence-corrected chi connectivity index (χ1v) is 7.71. The number of rotatable bonds is 7. The minimum atomic E-state index is 0.218. The average molecular weight is 283 g/mol. The first-order valence-electron chi connectivity index (χ1n) is 7.71. The summed E-state index contributed by atoms with van der Waals surface area (Å²) < 4.78 is 5.72. The Balaban J connectivity index is 2.14. The van der Waals surface area contributed by atoms with E-state index >= 15 is 0 Å². The van der Waals surface area contributed by atoms with Crippen LogP contribution < -0.4 is 10.1 Å². The molecule has 0 spiro atoms. The van der Waals surface area contributed by atoms with E-state index in [-0.39, 0.29) is 6.04 Å². The summed E-state index contributed by atoms with van der Waals surface area (Å²) >= 11 is 0. The molecule has 0 aliphatic carbocycles. The molecular formula is C19H25NO. The number of hydrogen-bond acceptors (Lipinski definition) is 2. The quantitative estimate of drug-likeness (QED) is 0.756. The van der Waals surface area contributed by atoms with Crippen molar-refractivity contribution in [2.75, 3.05) is 13.7 Å². The van der Waals surface area contributed by atoms with Crippen molar-refractivity contribution in [3.05, 3.63) is 65.2 Å². The van der Waals surface area contributed by atoms with Gasteiger partial charge in [0.1, 0.15) is 5.75 Å². The normalized spacial score (nSPS) is 12.1. The third kappa shape index (κ3) is 4.08. The number of unbranched alkanes of at least 4 members (excludes halogenated alkanes) is 1. The van der Waals surface area contributed by atoms with Crippen LogP contribution >= 0.6 is 0 Å². The molecule has 0 fully saturated rings. The molecule has 1 N–H and O–H groups in total. The topological polar surface area (TPSA) is 21.3 Å². The summed E-state index contributed by atoms with van der Waals surface area (Å²) in [5.74, 6) is 0.951. The van der Waals surface area contributed by atoms with Gasteiger partial charge < -0.3 is 10.1 Å². The molecule has 112 valence electrons. The molecule has 1 atom stereocenters. The second-order valence-corrected chi connectivity index (χ2v) is 5.35. The molecule has 0 bridgehead atoms. The first kappa shape index (κ1) is 15.6. The number of nitrogens with one attached hydrogen (secondary N) is 1. The number of ether oxygens (including phenoxy) is 1. The summed E-state index contributed by atoms with van der Waals surface area (Å²) in [4.78, 5) is 0. The van der Waals surface area contributed by atoms with Gasteiger partial charge in [0.05, 0.1) is 12.6 Å². The van der Waals surface area contributed by atoms with Gasteiger partial charge in [-0.2, -0.15) is 0 Å². The largest absolute Gasteiger partial charge is 0.494 e. The van der Waals surface area contributed by atoms with Crippen molar-refractivity contribution >= 4 is 0 Å². The van der Waals surface area contributed by atoms with Gasteiger partial charge in [-0.25, -0.2) is 0 Å². The van der Waals surface area contributed by atoms with Gasteiger partial charge in [0.25, 0.3) is 0 Å². The van der Waals surface area contributed by atoms with Crippen molar-refractivity contribution < 1.29 is 4.74 Å². The van der Waals surface area contributed by atoms with E-state index in [1.54, 1.807) is 0 Å². The summed E-state index contributed by atoms with van der Waals surface area (Å²) in [5.41, 5.74) is 3.88. The number of aryl methyl sites for hydroxylation is 1. The van der Waals surface area contributed by atoms with Gasteiger partial charge in [0.2, 0.25) is 0 Å². The van der Waals surface area contributed by atoms with Gasteiger partial charge >= 0.3 is 0 Å². The molecule has 2 heteroatoms. The van der Waals surface area contributed by atoms with Crippen molar-refractivity contribution in [3.63, 3.8) is 0 Å². The zero-order valence-corrected chi connectivity index (χ0v) is 13.2. The molecule has 0 saturated heterocycles. The lowest BCUT2D eigenvalue weighted by molar-refractivity contribution is 0.309. The molecule has 0 saturated carbocycles. The lowest BCUT2D eigenvalue weighted by Gasteiger charge is -2.19. The Morgan fingerprint density at radius 2 is 1.76 bits per heavy atom. The molecule has 21 heavy (non-hydrogen) atoms. The standard InChI is InChI=1S/C19H25NO/c1-4-5-14-21-17-12-10-16(11-13-17)19(20-3)18-9-7-6-8-15(18)2/h6-13,19-20H,4-5,14H2,1-3H3. The maximum absolute atomic E-state index is 5.72. The van der Waals surface area contributed by atoms with Crippen LogP contribution in [-0.4, -0.2) is 13.7 Å². The molecule has 0 aliphatic heterocycles. The van der Waals surface area contributed by atoms with Gasteiger partial charge in [-0.1, -0.05) is 49.7 Å². The molecule has 1 unspecified atom stereocenters. The van der Waals surface area contributed by atoms with Crippen LogP contribution in [0.25, 0.3) is 0 Å². The maximum Gasteiger partial charge on any atom is 0.119 e. The van der Waals surface area contributed by atoms with Crippen LogP contribution in [0.4, 0.5) is 0 Å². The van der Waals surface area contributed by atoms with Gasteiger partial charge in [-0.05, 0) is 49.2 Å². The maximum atomic E-state index is 5.72. The van der Waals surface area contributed by atoms with Crippen LogP contribution in [0.5, 0.6) is 5.75 Å². The van der Waals surface area contributed by atoms with Crippen molar-refractivity contribution in [1.29, 1.82) is 0 Å². The van der Waals surface area contributed by atoms with Gasteiger partial charge in [0.15, 0.2) is 0 Å². The van der Waals surface area contributed by atoms with Crippen LogP contribution in [0.3, 0.4) is 0 Å². The molecule has 0 aliphatic rings. The third-order valence-corrected chi connectivity index (χ3v) is 3.77. The number of benzene rings is 2. The Labute approximate surface area is 128 Å². The van der Waals surface area contributed by atoms with Gasteiger partial charge in [-0.15, -0.1) is 0 Å². The Hall–Kier alpha value is -1.80. The van der Waals surface area contributed by atoms with Crippen molar-refractivity contribution in [2.24, 2.45) is 0 Å². The predicted octanol–water partition coefficient (Wildman–Crippen LogP) is 4.48. The van der Waals surface area contributed by atoms with Gasteiger partial charge in [0, 0.05) is 0 Å². The minimum absolute atomic E-state index is 0.218. The van der Waals surface area contributed by atoms with E-state index < -0.39 is 0 Å². The smallest absolute Gasteiger partial charge is 0.119 e. The monoisotopic (exact) mass is 283 g/mol. The zero-order chi connectivity index (χ0) is 15.1. The minimum Gasteiger partial charge on any atom is -0.494 e. The Bertz CT molecular complexity index is 548. The van der Waals surface area contributed by atoms with Crippen LogP contribution in [0, 0.1) is 6.92 Å². The van der Waals surface area contributed by atoms with Crippen LogP contribution in [-0.2, 0) is 0 Å². The van der Waals surface area contributed by atoms with E-state index in [1.807, 2.05) is 7.05 Å².